The molecule has 0 spiro atoms. The van der Waals surface area contributed by atoms with Crippen LogP contribution in [0.5, 0.6) is 11.6 Å². The van der Waals surface area contributed by atoms with Crippen LogP contribution in [-0.2, 0) is 5.92 Å². The van der Waals surface area contributed by atoms with E-state index < -0.39 is 23.3 Å². The van der Waals surface area contributed by atoms with Crippen molar-refractivity contribution >= 4 is 17.6 Å². The summed E-state index contributed by atoms with van der Waals surface area (Å²) in [7, 11) is 0. The van der Waals surface area contributed by atoms with Gasteiger partial charge in [-0.2, -0.15) is 0 Å². The summed E-state index contributed by atoms with van der Waals surface area (Å²) in [5.41, 5.74) is -0.896. The van der Waals surface area contributed by atoms with Gasteiger partial charge >= 0.3 is 5.97 Å². The number of halogens is 3. The first-order chi connectivity index (χ1) is 9.77. The van der Waals surface area contributed by atoms with E-state index in [1.165, 1.54) is 12.1 Å². The maximum Gasteiger partial charge on any atom is 0.354 e. The second kappa shape index (κ2) is 5.65. The molecule has 0 aliphatic carbocycles. The number of alkyl halides is 2. The summed E-state index contributed by atoms with van der Waals surface area (Å²) < 4.78 is 32.3. The summed E-state index contributed by atoms with van der Waals surface area (Å²) in [6.07, 6.45) is 0. The molecule has 2 aromatic rings. The highest BCUT2D eigenvalue weighted by atomic mass is 35.5. The number of hydrogen-bond donors (Lipinski definition) is 1. The van der Waals surface area contributed by atoms with E-state index >= 15 is 0 Å². The fourth-order valence-corrected chi connectivity index (χ4v) is 1.79. The maximum absolute atomic E-state index is 13.5. The quantitative estimate of drug-likeness (QED) is 0.912. The van der Waals surface area contributed by atoms with Crippen LogP contribution in [0.3, 0.4) is 0 Å². The van der Waals surface area contributed by atoms with E-state index in [2.05, 4.69) is 4.98 Å². The SMILES string of the molecule is CC(F)(F)c1ccc(C(=O)O)nc1Oc1cccc(Cl)c1. The molecule has 0 unspecified atom stereocenters. The van der Waals surface area contributed by atoms with Crippen molar-refractivity contribution < 1.29 is 23.4 Å². The summed E-state index contributed by atoms with van der Waals surface area (Å²) in [5.74, 6) is -4.84. The van der Waals surface area contributed by atoms with Crippen LogP contribution in [0.15, 0.2) is 36.4 Å². The van der Waals surface area contributed by atoms with Crippen LogP contribution >= 0.6 is 11.6 Å². The van der Waals surface area contributed by atoms with Gasteiger partial charge in [0, 0.05) is 11.9 Å². The Balaban J connectivity index is 2.48. The highest BCUT2D eigenvalue weighted by Gasteiger charge is 2.30. The van der Waals surface area contributed by atoms with Gasteiger partial charge in [-0.1, -0.05) is 17.7 Å². The number of carbonyl (C=O) groups is 1. The Labute approximate surface area is 124 Å². The Kier molecular flexibility index (Phi) is 4.09. The molecular weight excluding hydrogens is 304 g/mol. The van der Waals surface area contributed by atoms with Crippen LogP contribution < -0.4 is 4.74 Å². The molecule has 110 valence electrons. The van der Waals surface area contributed by atoms with Gasteiger partial charge in [0.1, 0.15) is 5.75 Å². The number of aromatic nitrogens is 1. The van der Waals surface area contributed by atoms with Crippen molar-refractivity contribution in [1.29, 1.82) is 0 Å². The highest BCUT2D eigenvalue weighted by molar-refractivity contribution is 6.30. The Morgan fingerprint density at radius 3 is 2.62 bits per heavy atom. The monoisotopic (exact) mass is 313 g/mol. The van der Waals surface area contributed by atoms with Crippen molar-refractivity contribution in [1.82, 2.24) is 4.98 Å². The van der Waals surface area contributed by atoms with E-state index in [0.717, 1.165) is 12.1 Å². The molecule has 1 N–H and O–H groups in total. The molecule has 0 bridgehead atoms. The zero-order valence-corrected chi connectivity index (χ0v) is 11.6. The lowest BCUT2D eigenvalue weighted by atomic mass is 10.1. The van der Waals surface area contributed by atoms with Crippen molar-refractivity contribution in [3.8, 4) is 11.6 Å². The van der Waals surface area contributed by atoms with Gasteiger partial charge in [0.15, 0.2) is 5.69 Å². The third-order valence-corrected chi connectivity index (χ3v) is 2.80. The topological polar surface area (TPSA) is 59.4 Å². The molecular formula is C14H10ClF2NO3. The lowest BCUT2D eigenvalue weighted by molar-refractivity contribution is 0.0148. The summed E-state index contributed by atoms with van der Waals surface area (Å²) in [5, 5.41) is 9.24. The van der Waals surface area contributed by atoms with E-state index in [1.807, 2.05) is 0 Å². The van der Waals surface area contributed by atoms with Crippen LogP contribution in [0.4, 0.5) is 8.78 Å². The largest absolute Gasteiger partial charge is 0.477 e. The molecule has 21 heavy (non-hydrogen) atoms. The standard InChI is InChI=1S/C14H10ClF2NO3/c1-14(16,17)10-5-6-11(13(19)20)18-12(10)21-9-4-2-3-8(15)7-9/h2-7H,1H3,(H,19,20). The minimum absolute atomic E-state index is 0.183. The average Bonchev–Trinajstić information content (AvgIpc) is 2.37. The zero-order valence-electron chi connectivity index (χ0n) is 10.8. The molecule has 0 fully saturated rings. The lowest BCUT2D eigenvalue weighted by Gasteiger charge is -2.15. The Morgan fingerprint density at radius 2 is 2.05 bits per heavy atom. The number of benzene rings is 1. The second-order valence-corrected chi connectivity index (χ2v) is 4.74. The Hall–Kier alpha value is -2.21. The molecule has 0 atom stereocenters. The number of ether oxygens (including phenoxy) is 1. The zero-order chi connectivity index (χ0) is 15.6. The number of carboxylic acids is 1. The van der Waals surface area contributed by atoms with Gasteiger partial charge in [-0.25, -0.2) is 18.6 Å². The van der Waals surface area contributed by atoms with Crippen LogP contribution in [0.2, 0.25) is 5.02 Å². The fraction of sp³-hybridized carbons (Fsp3) is 0.143. The second-order valence-electron chi connectivity index (χ2n) is 4.30. The van der Waals surface area contributed by atoms with Gasteiger partial charge < -0.3 is 9.84 Å². The van der Waals surface area contributed by atoms with E-state index in [9.17, 15) is 13.6 Å². The van der Waals surface area contributed by atoms with E-state index in [-0.39, 0.29) is 11.4 Å². The van der Waals surface area contributed by atoms with Crippen molar-refractivity contribution in [2.75, 3.05) is 0 Å². The molecule has 0 saturated carbocycles. The minimum Gasteiger partial charge on any atom is -0.477 e. The van der Waals surface area contributed by atoms with Gasteiger partial charge in [-0.15, -0.1) is 0 Å². The van der Waals surface area contributed by atoms with Gasteiger partial charge in [-0.05, 0) is 30.3 Å². The molecule has 4 nitrogen and oxygen atoms in total. The number of pyridine rings is 1. The first-order valence-corrected chi connectivity index (χ1v) is 6.21. The average molecular weight is 314 g/mol. The minimum atomic E-state index is -3.22. The molecule has 1 aromatic heterocycles. The molecule has 1 heterocycles. The number of aromatic carboxylic acids is 1. The molecule has 0 radical (unpaired) electrons. The van der Waals surface area contributed by atoms with Crippen molar-refractivity contribution in [2.24, 2.45) is 0 Å². The van der Waals surface area contributed by atoms with E-state index in [4.69, 9.17) is 21.4 Å². The van der Waals surface area contributed by atoms with Gasteiger partial charge in [0.25, 0.3) is 5.92 Å². The van der Waals surface area contributed by atoms with Crippen LogP contribution in [0.25, 0.3) is 0 Å². The maximum atomic E-state index is 13.5. The molecule has 0 aliphatic rings. The predicted octanol–water partition coefficient (Wildman–Crippen LogP) is 4.34. The van der Waals surface area contributed by atoms with Crippen LogP contribution in [0, 0.1) is 0 Å². The number of nitrogens with zero attached hydrogens (tertiary/aromatic N) is 1. The number of carboxylic acid groups (broad SMARTS) is 1. The summed E-state index contributed by atoms with van der Waals surface area (Å²) in [4.78, 5) is 14.5. The molecule has 0 aliphatic heterocycles. The third kappa shape index (κ3) is 3.66. The van der Waals surface area contributed by atoms with Crippen LogP contribution in [0.1, 0.15) is 23.0 Å². The lowest BCUT2D eigenvalue weighted by Crippen LogP contribution is -2.12. The summed E-state index contributed by atoms with van der Waals surface area (Å²) >= 11 is 5.78. The Bertz CT molecular complexity index is 686. The number of rotatable bonds is 4. The van der Waals surface area contributed by atoms with Crippen molar-refractivity contribution in [3.05, 3.63) is 52.7 Å². The molecule has 0 saturated heterocycles. The normalized spacial score (nSPS) is 11.2. The van der Waals surface area contributed by atoms with Gasteiger partial charge in [0.2, 0.25) is 5.88 Å². The first kappa shape index (κ1) is 15.2. The summed E-state index contributed by atoms with van der Waals surface area (Å²) in [6, 6.07) is 8.05. The van der Waals surface area contributed by atoms with E-state index in [0.29, 0.717) is 11.9 Å². The van der Waals surface area contributed by atoms with Gasteiger partial charge in [-0.3, -0.25) is 0 Å². The van der Waals surface area contributed by atoms with Crippen molar-refractivity contribution in [3.63, 3.8) is 0 Å². The third-order valence-electron chi connectivity index (χ3n) is 2.56. The Morgan fingerprint density at radius 1 is 1.33 bits per heavy atom. The molecule has 1 aromatic carbocycles. The van der Waals surface area contributed by atoms with Gasteiger partial charge in [0.05, 0.1) is 5.56 Å². The number of hydrogen-bond acceptors (Lipinski definition) is 3. The van der Waals surface area contributed by atoms with Crippen molar-refractivity contribution in [2.45, 2.75) is 12.8 Å². The molecule has 2 rings (SSSR count). The first-order valence-electron chi connectivity index (χ1n) is 5.83. The van der Waals surface area contributed by atoms with E-state index in [1.54, 1.807) is 12.1 Å². The summed E-state index contributed by atoms with van der Waals surface area (Å²) in [6.45, 7) is 0.676. The molecule has 7 heteroatoms. The van der Waals surface area contributed by atoms with Crippen LogP contribution in [-0.4, -0.2) is 16.1 Å². The smallest absolute Gasteiger partial charge is 0.354 e. The molecule has 0 amide bonds. The highest BCUT2D eigenvalue weighted by Crippen LogP contribution is 2.35. The predicted molar refractivity (Wildman–Crippen MR) is 72.3 cm³/mol. The fourth-order valence-electron chi connectivity index (χ4n) is 1.61.